The molecule has 0 spiro atoms. The van der Waals surface area contributed by atoms with Crippen LogP contribution in [0.5, 0.6) is 0 Å². The molecular formula is C20H28ClN3O2S. The molecule has 0 aliphatic rings. The minimum Gasteiger partial charge on any atom is -0.341 e. The minimum absolute atomic E-state index is 0. The van der Waals surface area contributed by atoms with Crippen LogP contribution in [0.15, 0.2) is 35.7 Å². The van der Waals surface area contributed by atoms with Crippen LogP contribution in [0.1, 0.15) is 47.1 Å². The van der Waals surface area contributed by atoms with E-state index >= 15 is 0 Å². The van der Waals surface area contributed by atoms with E-state index in [1.54, 1.807) is 30.1 Å². The van der Waals surface area contributed by atoms with E-state index in [1.165, 1.54) is 16.9 Å². The standard InChI is InChI=1S/C20H27N3O2S.ClH/c1-5-14-6-8-15(9-7-14)17(24)22-18-16(10-11-26-18)19(25)23(4)13-20(2,3)12-21;/h6-11H,5,12-13,21H2,1-4H3,(H,22,24);1H. The van der Waals surface area contributed by atoms with Crippen LogP contribution in [0, 0.1) is 5.41 Å². The van der Waals surface area contributed by atoms with Crippen LogP contribution in [0.4, 0.5) is 5.00 Å². The number of halogens is 1. The maximum absolute atomic E-state index is 12.8. The lowest BCUT2D eigenvalue weighted by Crippen LogP contribution is -2.39. The first-order valence-electron chi connectivity index (χ1n) is 8.70. The lowest BCUT2D eigenvalue weighted by molar-refractivity contribution is 0.0742. The Labute approximate surface area is 171 Å². The summed E-state index contributed by atoms with van der Waals surface area (Å²) in [5.41, 5.74) is 7.86. The highest BCUT2D eigenvalue weighted by molar-refractivity contribution is 7.14. The highest BCUT2D eigenvalue weighted by atomic mass is 35.5. The van der Waals surface area contributed by atoms with Crippen molar-refractivity contribution in [2.45, 2.75) is 27.2 Å². The van der Waals surface area contributed by atoms with Crippen molar-refractivity contribution in [1.82, 2.24) is 4.90 Å². The lowest BCUT2D eigenvalue weighted by Gasteiger charge is -2.29. The van der Waals surface area contributed by atoms with Crippen molar-refractivity contribution in [3.05, 3.63) is 52.4 Å². The summed E-state index contributed by atoms with van der Waals surface area (Å²) in [7, 11) is 1.76. The predicted octanol–water partition coefficient (Wildman–Crippen LogP) is 4.04. The van der Waals surface area contributed by atoms with Gasteiger partial charge in [0.2, 0.25) is 0 Å². The number of hydrogen-bond acceptors (Lipinski definition) is 4. The number of carbonyl (C=O) groups excluding carboxylic acids is 2. The second-order valence-corrected chi connectivity index (χ2v) is 8.11. The van der Waals surface area contributed by atoms with Crippen molar-refractivity contribution in [2.24, 2.45) is 11.1 Å². The summed E-state index contributed by atoms with van der Waals surface area (Å²) in [6, 6.07) is 9.24. The number of benzene rings is 1. The van der Waals surface area contributed by atoms with E-state index in [9.17, 15) is 9.59 Å². The average molecular weight is 410 g/mol. The molecule has 148 valence electrons. The number of thiophene rings is 1. The first-order valence-corrected chi connectivity index (χ1v) is 9.58. The maximum atomic E-state index is 12.8. The Hall–Kier alpha value is -1.89. The van der Waals surface area contributed by atoms with Crippen molar-refractivity contribution in [1.29, 1.82) is 0 Å². The van der Waals surface area contributed by atoms with Gasteiger partial charge in [-0.2, -0.15) is 0 Å². The lowest BCUT2D eigenvalue weighted by atomic mass is 9.93. The molecule has 0 saturated carbocycles. The first-order chi connectivity index (χ1) is 12.3. The van der Waals surface area contributed by atoms with E-state index in [0.717, 1.165) is 6.42 Å². The number of rotatable bonds is 7. The number of nitrogens with two attached hydrogens (primary N) is 1. The van der Waals surface area contributed by atoms with Crippen LogP contribution in [-0.2, 0) is 6.42 Å². The number of hydrogen-bond donors (Lipinski definition) is 2. The molecule has 0 bridgehead atoms. The SMILES string of the molecule is CCc1ccc(C(=O)Nc2sccc2C(=O)N(C)CC(C)(C)CN)cc1.Cl. The largest absolute Gasteiger partial charge is 0.341 e. The van der Waals surface area contributed by atoms with Crippen molar-refractivity contribution >= 4 is 40.6 Å². The van der Waals surface area contributed by atoms with Crippen LogP contribution in [-0.4, -0.2) is 36.9 Å². The first kappa shape index (κ1) is 23.1. The third kappa shape index (κ3) is 6.06. The van der Waals surface area contributed by atoms with E-state index < -0.39 is 0 Å². The van der Waals surface area contributed by atoms with E-state index in [1.807, 2.05) is 31.4 Å². The summed E-state index contributed by atoms with van der Waals surface area (Å²) in [4.78, 5) is 26.9. The van der Waals surface area contributed by atoms with Gasteiger partial charge in [-0.25, -0.2) is 0 Å². The van der Waals surface area contributed by atoms with Gasteiger partial charge in [0.1, 0.15) is 5.00 Å². The molecule has 0 fully saturated rings. The maximum Gasteiger partial charge on any atom is 0.256 e. The van der Waals surface area contributed by atoms with Gasteiger partial charge in [0.05, 0.1) is 5.56 Å². The average Bonchev–Trinajstić information content (AvgIpc) is 3.08. The van der Waals surface area contributed by atoms with Gasteiger partial charge in [-0.3, -0.25) is 9.59 Å². The summed E-state index contributed by atoms with van der Waals surface area (Å²) < 4.78 is 0. The number of nitrogens with one attached hydrogen (secondary N) is 1. The summed E-state index contributed by atoms with van der Waals surface area (Å²) in [5, 5.41) is 5.24. The zero-order chi connectivity index (χ0) is 19.3. The molecule has 0 saturated heterocycles. The van der Waals surface area contributed by atoms with Crippen LogP contribution in [0.25, 0.3) is 0 Å². The van der Waals surface area contributed by atoms with Gasteiger partial charge < -0.3 is 16.0 Å². The van der Waals surface area contributed by atoms with Gasteiger partial charge in [-0.15, -0.1) is 23.7 Å². The van der Waals surface area contributed by atoms with Gasteiger partial charge in [0.15, 0.2) is 0 Å². The fraction of sp³-hybridized carbons (Fsp3) is 0.400. The van der Waals surface area contributed by atoms with E-state index in [4.69, 9.17) is 5.73 Å². The van der Waals surface area contributed by atoms with Crippen molar-refractivity contribution in [2.75, 3.05) is 25.5 Å². The summed E-state index contributed by atoms with van der Waals surface area (Å²) in [6.07, 6.45) is 0.928. The minimum atomic E-state index is -0.214. The Morgan fingerprint density at radius 1 is 1.19 bits per heavy atom. The Balaban J connectivity index is 0.00000364. The second-order valence-electron chi connectivity index (χ2n) is 7.20. The van der Waals surface area contributed by atoms with Gasteiger partial charge in [-0.05, 0) is 47.5 Å². The van der Waals surface area contributed by atoms with Gasteiger partial charge >= 0.3 is 0 Å². The quantitative estimate of drug-likeness (QED) is 0.724. The van der Waals surface area contributed by atoms with Gasteiger partial charge in [-0.1, -0.05) is 32.9 Å². The van der Waals surface area contributed by atoms with Crippen LogP contribution < -0.4 is 11.1 Å². The molecule has 7 heteroatoms. The van der Waals surface area contributed by atoms with E-state index in [-0.39, 0.29) is 29.6 Å². The smallest absolute Gasteiger partial charge is 0.256 e. The molecule has 0 atom stereocenters. The van der Waals surface area contributed by atoms with E-state index in [2.05, 4.69) is 12.2 Å². The fourth-order valence-electron chi connectivity index (χ4n) is 2.63. The second kappa shape index (κ2) is 9.88. The Morgan fingerprint density at radius 2 is 1.81 bits per heavy atom. The number of aryl methyl sites for hydroxylation is 1. The van der Waals surface area contributed by atoms with Crippen molar-refractivity contribution in [3.8, 4) is 0 Å². The molecule has 2 amide bonds. The number of nitrogens with zero attached hydrogens (tertiary/aromatic N) is 1. The molecular weight excluding hydrogens is 382 g/mol. The Morgan fingerprint density at radius 3 is 2.37 bits per heavy atom. The highest BCUT2D eigenvalue weighted by Crippen LogP contribution is 2.26. The summed E-state index contributed by atoms with van der Waals surface area (Å²) in [6.45, 7) is 7.15. The van der Waals surface area contributed by atoms with Gasteiger partial charge in [0, 0.05) is 19.2 Å². The van der Waals surface area contributed by atoms with Crippen LogP contribution in [0.2, 0.25) is 0 Å². The third-order valence-electron chi connectivity index (χ3n) is 4.31. The Bertz CT molecular complexity index is 772. The molecule has 1 aromatic heterocycles. The number of carbonyl (C=O) groups is 2. The van der Waals surface area contributed by atoms with Gasteiger partial charge in [0.25, 0.3) is 11.8 Å². The number of anilines is 1. The zero-order valence-electron chi connectivity index (χ0n) is 16.2. The molecule has 2 rings (SSSR count). The molecule has 0 unspecified atom stereocenters. The van der Waals surface area contributed by atoms with Crippen LogP contribution in [0.3, 0.4) is 0 Å². The molecule has 2 aromatic rings. The summed E-state index contributed by atoms with van der Waals surface area (Å²) in [5.74, 6) is -0.335. The zero-order valence-corrected chi connectivity index (χ0v) is 17.9. The van der Waals surface area contributed by atoms with Crippen molar-refractivity contribution in [3.63, 3.8) is 0 Å². The summed E-state index contributed by atoms with van der Waals surface area (Å²) >= 11 is 1.35. The number of amides is 2. The molecule has 27 heavy (non-hydrogen) atoms. The predicted molar refractivity (Wildman–Crippen MR) is 115 cm³/mol. The van der Waals surface area contributed by atoms with Crippen LogP contribution >= 0.6 is 23.7 Å². The van der Waals surface area contributed by atoms with E-state index in [0.29, 0.717) is 29.2 Å². The fourth-order valence-corrected chi connectivity index (χ4v) is 3.40. The van der Waals surface area contributed by atoms with Crippen molar-refractivity contribution < 1.29 is 9.59 Å². The Kier molecular flexibility index (Phi) is 8.47. The monoisotopic (exact) mass is 409 g/mol. The third-order valence-corrected chi connectivity index (χ3v) is 5.14. The molecule has 0 radical (unpaired) electrons. The molecule has 1 heterocycles. The highest BCUT2D eigenvalue weighted by Gasteiger charge is 2.24. The molecule has 5 nitrogen and oxygen atoms in total. The molecule has 0 aliphatic carbocycles. The molecule has 1 aromatic carbocycles. The normalized spacial score (nSPS) is 10.9. The molecule has 3 N–H and O–H groups in total. The molecule has 0 aliphatic heterocycles. The topological polar surface area (TPSA) is 75.4 Å².